The number of hydrogen-bond donors (Lipinski definition) is 3. The molecule has 138 valence electrons. The Kier molecular flexibility index (Phi) is 3.54. The normalized spacial score (nSPS) is 35.0. The first kappa shape index (κ1) is 16.1. The van der Waals surface area contributed by atoms with Crippen molar-refractivity contribution in [2.45, 2.75) is 50.7 Å². The Labute approximate surface area is 152 Å². The highest BCUT2D eigenvalue weighted by molar-refractivity contribution is 6.04. The molecule has 6 nitrogen and oxygen atoms in total. The summed E-state index contributed by atoms with van der Waals surface area (Å²) in [6.45, 7) is 2.15. The van der Waals surface area contributed by atoms with Gasteiger partial charge in [0.2, 0.25) is 0 Å². The van der Waals surface area contributed by atoms with Crippen molar-refractivity contribution in [1.82, 2.24) is 9.97 Å². The largest absolute Gasteiger partial charge is 0.462 e. The molecule has 3 N–H and O–H groups in total. The van der Waals surface area contributed by atoms with E-state index in [2.05, 4.69) is 15.3 Å². The number of pyridine rings is 1. The van der Waals surface area contributed by atoms with E-state index in [-0.39, 0.29) is 17.6 Å². The van der Waals surface area contributed by atoms with Crippen LogP contribution in [-0.2, 0) is 4.74 Å². The van der Waals surface area contributed by atoms with E-state index in [0.717, 1.165) is 48.8 Å². The van der Waals surface area contributed by atoms with E-state index in [4.69, 9.17) is 4.74 Å². The van der Waals surface area contributed by atoms with Crippen molar-refractivity contribution in [3.05, 3.63) is 24.0 Å². The SMILES string of the molecule is CCOC(=O)c1cnc2[nH]ccc2c1NC12CC3CC(C1)C(O)C(C3)C2. The lowest BCUT2D eigenvalue weighted by Crippen LogP contribution is -2.60. The van der Waals surface area contributed by atoms with Gasteiger partial charge in [-0.25, -0.2) is 9.78 Å². The summed E-state index contributed by atoms with van der Waals surface area (Å²) in [5.41, 5.74) is 2.05. The van der Waals surface area contributed by atoms with E-state index in [9.17, 15) is 9.90 Å². The number of nitrogens with one attached hydrogen (secondary N) is 2. The lowest BCUT2D eigenvalue weighted by atomic mass is 9.51. The molecule has 4 fully saturated rings. The van der Waals surface area contributed by atoms with Gasteiger partial charge in [0, 0.05) is 23.3 Å². The summed E-state index contributed by atoms with van der Waals surface area (Å²) in [6, 6.07) is 1.96. The molecule has 4 bridgehead atoms. The molecule has 2 atom stereocenters. The molecule has 4 saturated carbocycles. The zero-order valence-corrected chi connectivity index (χ0v) is 15.0. The molecule has 4 aliphatic rings. The summed E-state index contributed by atoms with van der Waals surface area (Å²) in [4.78, 5) is 20.0. The average molecular weight is 355 g/mol. The van der Waals surface area contributed by atoms with Crippen LogP contribution in [0.25, 0.3) is 11.0 Å². The van der Waals surface area contributed by atoms with Crippen LogP contribution >= 0.6 is 0 Å². The first-order valence-electron chi connectivity index (χ1n) is 9.68. The van der Waals surface area contributed by atoms with Crippen LogP contribution in [0, 0.1) is 17.8 Å². The number of anilines is 1. The molecule has 4 aliphatic carbocycles. The van der Waals surface area contributed by atoms with Crippen molar-refractivity contribution < 1.29 is 14.6 Å². The van der Waals surface area contributed by atoms with Gasteiger partial charge in [0.25, 0.3) is 0 Å². The van der Waals surface area contributed by atoms with Crippen molar-refractivity contribution in [3.63, 3.8) is 0 Å². The van der Waals surface area contributed by atoms with E-state index < -0.39 is 0 Å². The fourth-order valence-corrected chi connectivity index (χ4v) is 5.92. The molecule has 0 aromatic carbocycles. The minimum absolute atomic E-state index is 0.0392. The summed E-state index contributed by atoms with van der Waals surface area (Å²) >= 11 is 0. The Bertz CT molecular complexity index is 845. The number of hydrogen-bond acceptors (Lipinski definition) is 5. The highest BCUT2D eigenvalue weighted by atomic mass is 16.5. The summed E-state index contributed by atoms with van der Waals surface area (Å²) < 4.78 is 5.26. The van der Waals surface area contributed by atoms with Gasteiger partial charge in [-0.2, -0.15) is 0 Å². The van der Waals surface area contributed by atoms with Gasteiger partial charge >= 0.3 is 5.97 Å². The molecule has 6 rings (SSSR count). The molecule has 2 heterocycles. The van der Waals surface area contributed by atoms with Gasteiger partial charge in [-0.1, -0.05) is 0 Å². The number of H-pyrrole nitrogens is 1. The molecule has 0 saturated heterocycles. The fraction of sp³-hybridized carbons (Fsp3) is 0.600. The van der Waals surface area contributed by atoms with Crippen LogP contribution < -0.4 is 5.32 Å². The maximum Gasteiger partial charge on any atom is 0.341 e. The van der Waals surface area contributed by atoms with Gasteiger partial charge in [-0.3, -0.25) is 0 Å². The van der Waals surface area contributed by atoms with Gasteiger partial charge in [-0.05, 0) is 62.8 Å². The third kappa shape index (κ3) is 2.35. The first-order valence-corrected chi connectivity index (χ1v) is 9.68. The first-order chi connectivity index (χ1) is 12.6. The maximum atomic E-state index is 12.5. The van der Waals surface area contributed by atoms with Crippen LogP contribution in [0.1, 0.15) is 49.4 Å². The van der Waals surface area contributed by atoms with E-state index in [0.29, 0.717) is 29.9 Å². The summed E-state index contributed by atoms with van der Waals surface area (Å²) in [5.74, 6) is 1.10. The number of nitrogens with zero attached hydrogens (tertiary/aromatic N) is 1. The Morgan fingerprint density at radius 2 is 2.15 bits per heavy atom. The number of carbonyl (C=O) groups is 1. The number of rotatable bonds is 4. The number of aliphatic hydroxyl groups excluding tert-OH is 1. The molecule has 0 radical (unpaired) electrons. The van der Waals surface area contributed by atoms with Crippen molar-refractivity contribution in [2.24, 2.45) is 17.8 Å². The zero-order chi connectivity index (χ0) is 17.9. The second kappa shape index (κ2) is 5.71. The van der Waals surface area contributed by atoms with Gasteiger partial charge in [0.05, 0.1) is 18.4 Å². The van der Waals surface area contributed by atoms with Crippen LogP contribution in [0.3, 0.4) is 0 Å². The predicted molar refractivity (Wildman–Crippen MR) is 98.0 cm³/mol. The minimum atomic E-state index is -0.338. The number of aliphatic hydroxyl groups is 1. The highest BCUT2D eigenvalue weighted by Crippen LogP contribution is 2.57. The average Bonchev–Trinajstić information content (AvgIpc) is 3.08. The van der Waals surface area contributed by atoms with Crippen molar-refractivity contribution in [3.8, 4) is 0 Å². The molecule has 2 unspecified atom stereocenters. The van der Waals surface area contributed by atoms with E-state index >= 15 is 0 Å². The predicted octanol–water partition coefficient (Wildman–Crippen LogP) is 3.09. The topological polar surface area (TPSA) is 87.2 Å². The van der Waals surface area contributed by atoms with Gasteiger partial charge in [-0.15, -0.1) is 0 Å². The quantitative estimate of drug-likeness (QED) is 0.734. The number of carbonyl (C=O) groups excluding carboxylic acids is 1. The molecule has 26 heavy (non-hydrogen) atoms. The Morgan fingerprint density at radius 1 is 1.38 bits per heavy atom. The Hall–Kier alpha value is -2.08. The summed E-state index contributed by atoms with van der Waals surface area (Å²) in [6.07, 6.45) is 8.63. The molecule has 0 amide bonds. The van der Waals surface area contributed by atoms with E-state index in [1.165, 1.54) is 0 Å². The molecular formula is C20H25N3O3. The zero-order valence-electron chi connectivity index (χ0n) is 15.0. The second-order valence-electron chi connectivity index (χ2n) is 8.37. The molecule has 2 aromatic rings. The Balaban J connectivity index is 1.56. The molecule has 6 heteroatoms. The van der Waals surface area contributed by atoms with Gasteiger partial charge in [0.1, 0.15) is 11.2 Å². The monoisotopic (exact) mass is 355 g/mol. The molecule has 2 aromatic heterocycles. The van der Waals surface area contributed by atoms with Crippen LogP contribution in [0.2, 0.25) is 0 Å². The smallest absolute Gasteiger partial charge is 0.341 e. The lowest BCUT2D eigenvalue weighted by Gasteiger charge is -2.59. The highest BCUT2D eigenvalue weighted by Gasteiger charge is 2.55. The fourth-order valence-electron chi connectivity index (χ4n) is 5.92. The number of esters is 1. The van der Waals surface area contributed by atoms with E-state index in [1.807, 2.05) is 19.2 Å². The summed E-state index contributed by atoms with van der Waals surface area (Å²) in [7, 11) is 0. The number of fused-ring (bicyclic) bond motifs is 1. The standard InChI is InChI=1S/C20H25N3O3/c1-2-26-19(25)15-10-22-18-14(3-4-21-18)16(15)23-20-7-11-5-12(8-20)17(24)13(6-11)9-20/h3-4,10-13,17,24H,2,5-9H2,1H3,(H2,21,22,23). The molecule has 0 aliphatic heterocycles. The van der Waals surface area contributed by atoms with Gasteiger partial charge in [0.15, 0.2) is 0 Å². The lowest BCUT2D eigenvalue weighted by molar-refractivity contribution is -0.0960. The van der Waals surface area contributed by atoms with Crippen LogP contribution in [0.4, 0.5) is 5.69 Å². The third-order valence-corrected chi connectivity index (χ3v) is 6.70. The van der Waals surface area contributed by atoms with Crippen molar-refractivity contribution in [2.75, 3.05) is 11.9 Å². The molecular weight excluding hydrogens is 330 g/mol. The van der Waals surface area contributed by atoms with Crippen molar-refractivity contribution >= 4 is 22.7 Å². The van der Waals surface area contributed by atoms with Crippen molar-refractivity contribution in [1.29, 1.82) is 0 Å². The third-order valence-electron chi connectivity index (χ3n) is 6.70. The maximum absolute atomic E-state index is 12.5. The van der Waals surface area contributed by atoms with E-state index in [1.54, 1.807) is 6.20 Å². The summed E-state index contributed by atoms with van der Waals surface area (Å²) in [5, 5.41) is 15.2. The minimum Gasteiger partial charge on any atom is -0.462 e. The number of aromatic amines is 1. The van der Waals surface area contributed by atoms with Crippen LogP contribution in [0.15, 0.2) is 18.5 Å². The molecule has 0 spiro atoms. The second-order valence-corrected chi connectivity index (χ2v) is 8.37. The van der Waals surface area contributed by atoms with Crippen LogP contribution in [0.5, 0.6) is 0 Å². The van der Waals surface area contributed by atoms with Gasteiger partial charge < -0.3 is 20.1 Å². The number of aromatic nitrogens is 2. The number of ether oxygens (including phenoxy) is 1. The Morgan fingerprint density at radius 3 is 2.88 bits per heavy atom. The van der Waals surface area contributed by atoms with Crippen LogP contribution in [-0.4, -0.2) is 39.3 Å².